The number of nitriles is 1. The average molecular weight is 302 g/mol. The number of amides is 1. The predicted molar refractivity (Wildman–Crippen MR) is 87.7 cm³/mol. The highest BCUT2D eigenvalue weighted by molar-refractivity contribution is 5.81. The maximum Gasteiger partial charge on any atom is 0.239 e. The SMILES string of the molecule is CCN(CC)C(=O)C(C#N)CCCOc1ccc(C)cc1C. The molecule has 0 fully saturated rings. The van der Waals surface area contributed by atoms with Gasteiger partial charge in [-0.05, 0) is 52.2 Å². The second kappa shape index (κ2) is 9.09. The second-order valence-electron chi connectivity index (χ2n) is 5.45. The van der Waals surface area contributed by atoms with Crippen molar-refractivity contribution in [1.82, 2.24) is 4.90 Å². The number of hydrogen-bond acceptors (Lipinski definition) is 3. The Labute approximate surface area is 133 Å². The summed E-state index contributed by atoms with van der Waals surface area (Å²) in [5, 5.41) is 9.19. The average Bonchev–Trinajstić information content (AvgIpc) is 2.50. The van der Waals surface area contributed by atoms with Gasteiger partial charge in [0.2, 0.25) is 5.91 Å². The van der Waals surface area contributed by atoms with Gasteiger partial charge >= 0.3 is 0 Å². The number of benzene rings is 1. The number of carbonyl (C=O) groups excluding carboxylic acids is 1. The molecule has 0 spiro atoms. The van der Waals surface area contributed by atoms with Crippen LogP contribution in [0.15, 0.2) is 18.2 Å². The van der Waals surface area contributed by atoms with Gasteiger partial charge in [0.15, 0.2) is 0 Å². The zero-order chi connectivity index (χ0) is 16.5. The molecule has 22 heavy (non-hydrogen) atoms. The summed E-state index contributed by atoms with van der Waals surface area (Å²) in [4.78, 5) is 13.9. The Morgan fingerprint density at radius 2 is 2.00 bits per heavy atom. The number of carbonyl (C=O) groups is 1. The van der Waals surface area contributed by atoms with Gasteiger partial charge in [0, 0.05) is 13.1 Å². The Bertz CT molecular complexity index is 530. The van der Waals surface area contributed by atoms with E-state index in [-0.39, 0.29) is 5.91 Å². The first-order chi connectivity index (χ1) is 10.5. The van der Waals surface area contributed by atoms with Crippen LogP contribution in [0.3, 0.4) is 0 Å². The van der Waals surface area contributed by atoms with E-state index in [0.717, 1.165) is 11.3 Å². The molecule has 1 amide bonds. The number of rotatable bonds is 8. The predicted octanol–water partition coefficient (Wildman–Crippen LogP) is 3.47. The van der Waals surface area contributed by atoms with E-state index in [4.69, 9.17) is 4.74 Å². The van der Waals surface area contributed by atoms with Gasteiger partial charge in [-0.1, -0.05) is 17.7 Å². The molecule has 0 aliphatic rings. The highest BCUT2D eigenvalue weighted by atomic mass is 16.5. The molecule has 0 bridgehead atoms. The van der Waals surface area contributed by atoms with Gasteiger partial charge in [-0.15, -0.1) is 0 Å². The Hall–Kier alpha value is -2.02. The molecule has 1 aromatic rings. The van der Waals surface area contributed by atoms with Gasteiger partial charge in [-0.2, -0.15) is 5.26 Å². The molecule has 4 heteroatoms. The molecule has 0 aliphatic carbocycles. The first-order valence-electron chi connectivity index (χ1n) is 7.91. The summed E-state index contributed by atoms with van der Waals surface area (Å²) in [6.45, 7) is 9.74. The van der Waals surface area contributed by atoms with Crippen LogP contribution >= 0.6 is 0 Å². The molecule has 1 unspecified atom stereocenters. The summed E-state index contributed by atoms with van der Waals surface area (Å²) in [5.41, 5.74) is 2.32. The molecule has 120 valence electrons. The molecule has 1 atom stereocenters. The second-order valence-corrected chi connectivity index (χ2v) is 5.45. The Balaban J connectivity index is 2.45. The minimum atomic E-state index is -0.567. The van der Waals surface area contributed by atoms with Gasteiger partial charge < -0.3 is 9.64 Å². The van der Waals surface area contributed by atoms with Crippen molar-refractivity contribution in [2.24, 2.45) is 5.92 Å². The fourth-order valence-corrected chi connectivity index (χ4v) is 2.43. The summed E-state index contributed by atoms with van der Waals surface area (Å²) in [7, 11) is 0. The van der Waals surface area contributed by atoms with E-state index in [0.29, 0.717) is 32.5 Å². The lowest BCUT2D eigenvalue weighted by Gasteiger charge is -2.21. The van der Waals surface area contributed by atoms with Gasteiger partial charge in [0.1, 0.15) is 11.7 Å². The maximum absolute atomic E-state index is 12.2. The van der Waals surface area contributed by atoms with E-state index < -0.39 is 5.92 Å². The Morgan fingerprint density at radius 3 is 2.55 bits per heavy atom. The van der Waals surface area contributed by atoms with Crippen molar-refractivity contribution in [3.63, 3.8) is 0 Å². The first kappa shape index (κ1) is 18.0. The first-order valence-corrected chi connectivity index (χ1v) is 7.91. The quantitative estimate of drug-likeness (QED) is 0.691. The molecule has 0 saturated carbocycles. The van der Waals surface area contributed by atoms with E-state index in [2.05, 4.69) is 12.1 Å². The van der Waals surface area contributed by atoms with Crippen molar-refractivity contribution in [2.75, 3.05) is 19.7 Å². The Morgan fingerprint density at radius 1 is 1.32 bits per heavy atom. The molecule has 0 N–H and O–H groups in total. The van der Waals surface area contributed by atoms with E-state index >= 15 is 0 Å². The van der Waals surface area contributed by atoms with Gasteiger partial charge in [-0.3, -0.25) is 4.79 Å². The minimum absolute atomic E-state index is 0.0704. The molecule has 0 saturated heterocycles. The van der Waals surface area contributed by atoms with Crippen molar-refractivity contribution in [3.8, 4) is 11.8 Å². The summed E-state index contributed by atoms with van der Waals surface area (Å²) >= 11 is 0. The van der Waals surface area contributed by atoms with Crippen LogP contribution in [0.25, 0.3) is 0 Å². The Kier molecular flexibility index (Phi) is 7.45. The molecular formula is C18H26N2O2. The van der Waals surface area contributed by atoms with Crippen LogP contribution < -0.4 is 4.74 Å². The van der Waals surface area contributed by atoms with E-state index in [1.54, 1.807) is 4.90 Å². The monoisotopic (exact) mass is 302 g/mol. The summed E-state index contributed by atoms with van der Waals surface area (Å²) in [6.07, 6.45) is 1.23. The third-order valence-corrected chi connectivity index (χ3v) is 3.75. The molecule has 4 nitrogen and oxygen atoms in total. The normalized spacial score (nSPS) is 11.6. The smallest absolute Gasteiger partial charge is 0.239 e. The lowest BCUT2D eigenvalue weighted by Crippen LogP contribution is -2.35. The van der Waals surface area contributed by atoms with Gasteiger partial charge in [0.05, 0.1) is 12.7 Å². The van der Waals surface area contributed by atoms with E-state index in [9.17, 15) is 10.1 Å². The zero-order valence-electron chi connectivity index (χ0n) is 14.1. The van der Waals surface area contributed by atoms with Crippen LogP contribution in [-0.2, 0) is 4.79 Å². The number of ether oxygens (including phenoxy) is 1. The number of aryl methyl sites for hydroxylation is 2. The molecule has 0 aromatic heterocycles. The molecule has 1 aromatic carbocycles. The van der Waals surface area contributed by atoms with Crippen molar-refractivity contribution >= 4 is 5.91 Å². The molecule has 1 rings (SSSR count). The van der Waals surface area contributed by atoms with Gasteiger partial charge in [-0.25, -0.2) is 0 Å². The third-order valence-electron chi connectivity index (χ3n) is 3.75. The van der Waals surface area contributed by atoms with Gasteiger partial charge in [0.25, 0.3) is 0 Å². The number of hydrogen-bond donors (Lipinski definition) is 0. The van der Waals surface area contributed by atoms with Crippen LogP contribution in [0.2, 0.25) is 0 Å². The highest BCUT2D eigenvalue weighted by Crippen LogP contribution is 2.19. The summed E-state index contributed by atoms with van der Waals surface area (Å²) < 4.78 is 5.75. The summed E-state index contributed by atoms with van der Waals surface area (Å²) in [5.74, 6) is 0.232. The van der Waals surface area contributed by atoms with E-state index in [1.807, 2.05) is 39.8 Å². The highest BCUT2D eigenvalue weighted by Gasteiger charge is 2.21. The molecule has 0 heterocycles. The van der Waals surface area contributed by atoms with Crippen molar-refractivity contribution in [3.05, 3.63) is 29.3 Å². The lowest BCUT2D eigenvalue weighted by atomic mass is 10.0. The topological polar surface area (TPSA) is 53.3 Å². The lowest BCUT2D eigenvalue weighted by molar-refractivity contribution is -0.133. The fourth-order valence-electron chi connectivity index (χ4n) is 2.43. The van der Waals surface area contributed by atoms with Crippen LogP contribution in [0.1, 0.15) is 37.8 Å². The van der Waals surface area contributed by atoms with Crippen molar-refractivity contribution in [2.45, 2.75) is 40.5 Å². The largest absolute Gasteiger partial charge is 0.493 e. The van der Waals surface area contributed by atoms with Crippen molar-refractivity contribution < 1.29 is 9.53 Å². The minimum Gasteiger partial charge on any atom is -0.493 e. The molecule has 0 aliphatic heterocycles. The van der Waals surface area contributed by atoms with Crippen LogP contribution in [-0.4, -0.2) is 30.5 Å². The van der Waals surface area contributed by atoms with Crippen LogP contribution in [0.4, 0.5) is 0 Å². The van der Waals surface area contributed by atoms with Crippen LogP contribution in [0.5, 0.6) is 5.75 Å². The zero-order valence-corrected chi connectivity index (χ0v) is 14.1. The van der Waals surface area contributed by atoms with Crippen LogP contribution in [0, 0.1) is 31.1 Å². The number of nitrogens with zero attached hydrogens (tertiary/aromatic N) is 2. The fraction of sp³-hybridized carbons (Fsp3) is 0.556. The van der Waals surface area contributed by atoms with E-state index in [1.165, 1.54) is 5.56 Å². The standard InChI is InChI=1S/C18H26N2O2/c1-5-20(6-2)18(21)16(13-19)8-7-11-22-17-10-9-14(3)12-15(17)4/h9-10,12,16H,5-8,11H2,1-4H3. The van der Waals surface area contributed by atoms with Crippen molar-refractivity contribution in [1.29, 1.82) is 5.26 Å². The maximum atomic E-state index is 12.2. The summed E-state index contributed by atoms with van der Waals surface area (Å²) in [6, 6.07) is 8.19. The third kappa shape index (κ3) is 5.07. The molecule has 0 radical (unpaired) electrons. The molecular weight excluding hydrogens is 276 g/mol.